The number of carbonyl (C=O) groups excluding carboxylic acids is 2. The summed E-state index contributed by atoms with van der Waals surface area (Å²) in [5, 5.41) is 13.5. The largest absolute Gasteiger partial charge is 0.416 e. The molecule has 12 heteroatoms. The third-order valence-corrected chi connectivity index (χ3v) is 5.13. The molecule has 1 aliphatic heterocycles. The lowest BCUT2D eigenvalue weighted by Gasteiger charge is -2.39. The van der Waals surface area contributed by atoms with Gasteiger partial charge in [0.25, 0.3) is 5.69 Å². The van der Waals surface area contributed by atoms with Gasteiger partial charge in [-0.05, 0) is 17.7 Å². The van der Waals surface area contributed by atoms with Gasteiger partial charge in [0.2, 0.25) is 5.91 Å². The summed E-state index contributed by atoms with van der Waals surface area (Å²) >= 11 is 0. The number of hydrogen-bond acceptors (Lipinski definition) is 6. The van der Waals surface area contributed by atoms with Crippen LogP contribution in [0.3, 0.4) is 0 Å². The van der Waals surface area contributed by atoms with Crippen LogP contribution >= 0.6 is 0 Å². The van der Waals surface area contributed by atoms with Crippen LogP contribution in [0, 0.1) is 10.1 Å². The van der Waals surface area contributed by atoms with Crippen LogP contribution in [0.1, 0.15) is 17.2 Å². The molecule has 3 N–H and O–H groups in total. The minimum absolute atomic E-state index is 0.0699. The van der Waals surface area contributed by atoms with Crippen molar-refractivity contribution in [2.45, 2.75) is 12.2 Å². The Morgan fingerprint density at radius 2 is 1.69 bits per heavy atom. The van der Waals surface area contributed by atoms with Gasteiger partial charge in [-0.2, -0.15) is 13.2 Å². The smallest absolute Gasteiger partial charge is 0.363 e. The molecule has 170 valence electrons. The number of nitrogens with one attached hydrogen (secondary N) is 1. The maximum Gasteiger partial charge on any atom is 0.416 e. The highest BCUT2D eigenvalue weighted by atomic mass is 19.4. The molecule has 1 atom stereocenters. The molecule has 0 spiro atoms. The van der Waals surface area contributed by atoms with Crippen molar-refractivity contribution in [2.75, 3.05) is 31.1 Å². The number of hydrogen-bond donors (Lipinski definition) is 2. The topological polar surface area (TPSA) is 122 Å². The molecule has 3 rings (SSSR count). The van der Waals surface area contributed by atoms with E-state index in [1.165, 1.54) is 0 Å². The van der Waals surface area contributed by atoms with Crippen LogP contribution in [0.25, 0.3) is 0 Å². The van der Waals surface area contributed by atoms with Crippen molar-refractivity contribution in [3.63, 3.8) is 0 Å². The molecule has 1 saturated heterocycles. The predicted octanol–water partition coefficient (Wildman–Crippen LogP) is 2.67. The lowest BCUT2D eigenvalue weighted by atomic mass is 10.0. The van der Waals surface area contributed by atoms with E-state index in [1.54, 1.807) is 40.1 Å². The summed E-state index contributed by atoms with van der Waals surface area (Å²) in [6.07, 6.45) is -4.70. The van der Waals surface area contributed by atoms with Crippen molar-refractivity contribution in [1.82, 2.24) is 10.2 Å². The van der Waals surface area contributed by atoms with Gasteiger partial charge in [-0.15, -0.1) is 0 Å². The van der Waals surface area contributed by atoms with Crippen LogP contribution in [0.2, 0.25) is 0 Å². The molecular weight excluding hydrogens is 431 g/mol. The number of carbonyl (C=O) groups is 2. The number of piperazine rings is 1. The van der Waals surface area contributed by atoms with Crippen molar-refractivity contribution in [3.8, 4) is 0 Å². The number of anilines is 1. The number of alkyl halides is 3. The molecule has 2 aromatic rings. The lowest BCUT2D eigenvalue weighted by molar-refractivity contribution is -0.384. The van der Waals surface area contributed by atoms with Crippen LogP contribution in [0.15, 0.2) is 48.5 Å². The van der Waals surface area contributed by atoms with E-state index in [0.717, 1.165) is 12.1 Å². The number of nitrogens with two attached hydrogens (primary N) is 1. The van der Waals surface area contributed by atoms with Gasteiger partial charge in [-0.25, -0.2) is 4.79 Å². The maximum atomic E-state index is 13.0. The number of rotatable bonds is 5. The Balaban J connectivity index is 1.82. The SMILES string of the molecule is NC(=O)NC(=O)C(c1ccccc1)N1CCN(c2ccc(C(F)(F)F)cc2[N+](=O)[O-])CC1. The number of imide groups is 1. The molecule has 0 radical (unpaired) electrons. The Hall–Kier alpha value is -3.67. The molecular formula is C20H20F3N5O4. The average molecular weight is 451 g/mol. The van der Waals surface area contributed by atoms with Crippen LogP contribution < -0.4 is 16.0 Å². The number of urea groups is 1. The first-order chi connectivity index (χ1) is 15.1. The zero-order valence-corrected chi connectivity index (χ0v) is 16.7. The molecule has 0 aromatic heterocycles. The first-order valence-corrected chi connectivity index (χ1v) is 9.58. The van der Waals surface area contributed by atoms with Gasteiger partial charge >= 0.3 is 12.2 Å². The second-order valence-corrected chi connectivity index (χ2v) is 7.15. The fourth-order valence-electron chi connectivity index (χ4n) is 3.69. The van der Waals surface area contributed by atoms with Gasteiger partial charge in [0.15, 0.2) is 0 Å². The van der Waals surface area contributed by atoms with Crippen molar-refractivity contribution in [1.29, 1.82) is 0 Å². The standard InChI is InChI=1S/C20H20F3N5O4/c21-20(22,23)14-6-7-15(16(12-14)28(31)32)26-8-10-27(11-9-26)17(18(29)25-19(24)30)13-4-2-1-3-5-13/h1-7,12,17H,8-11H2,(H3,24,25,29,30). The van der Waals surface area contributed by atoms with Gasteiger partial charge < -0.3 is 10.6 Å². The fraction of sp³-hybridized carbons (Fsp3) is 0.300. The second-order valence-electron chi connectivity index (χ2n) is 7.15. The van der Waals surface area contributed by atoms with Crippen molar-refractivity contribution in [2.24, 2.45) is 5.73 Å². The van der Waals surface area contributed by atoms with Crippen molar-refractivity contribution >= 4 is 23.3 Å². The third-order valence-electron chi connectivity index (χ3n) is 5.13. The Bertz CT molecular complexity index is 1010. The Kier molecular flexibility index (Phi) is 6.63. The highest BCUT2D eigenvalue weighted by Crippen LogP contribution is 2.37. The van der Waals surface area contributed by atoms with Gasteiger partial charge in [0.05, 0.1) is 10.5 Å². The van der Waals surface area contributed by atoms with Crippen LogP contribution in [-0.4, -0.2) is 47.9 Å². The summed E-state index contributed by atoms with van der Waals surface area (Å²) in [7, 11) is 0. The zero-order chi connectivity index (χ0) is 23.5. The number of benzene rings is 2. The summed E-state index contributed by atoms with van der Waals surface area (Å²) < 4.78 is 38.9. The van der Waals surface area contributed by atoms with Gasteiger partial charge in [0.1, 0.15) is 11.7 Å². The van der Waals surface area contributed by atoms with E-state index in [0.29, 0.717) is 11.6 Å². The fourth-order valence-corrected chi connectivity index (χ4v) is 3.69. The quantitative estimate of drug-likeness (QED) is 0.533. The van der Waals surface area contributed by atoms with E-state index in [-0.39, 0.29) is 31.9 Å². The average Bonchev–Trinajstić information content (AvgIpc) is 2.73. The van der Waals surface area contributed by atoms with E-state index < -0.39 is 40.3 Å². The Morgan fingerprint density at radius 1 is 1.06 bits per heavy atom. The number of nitro groups is 1. The van der Waals surface area contributed by atoms with Gasteiger partial charge in [-0.3, -0.25) is 25.1 Å². The Labute approximate surface area is 180 Å². The van der Waals surface area contributed by atoms with E-state index in [9.17, 15) is 32.9 Å². The van der Waals surface area contributed by atoms with Crippen LogP contribution in [-0.2, 0) is 11.0 Å². The van der Waals surface area contributed by atoms with E-state index in [1.807, 2.05) is 0 Å². The van der Waals surface area contributed by atoms with Crippen LogP contribution in [0.4, 0.5) is 29.3 Å². The van der Waals surface area contributed by atoms with Crippen molar-refractivity contribution in [3.05, 3.63) is 69.8 Å². The normalized spacial score (nSPS) is 15.8. The van der Waals surface area contributed by atoms with E-state index in [4.69, 9.17) is 5.73 Å². The first kappa shape index (κ1) is 23.0. The Morgan fingerprint density at radius 3 is 2.22 bits per heavy atom. The van der Waals surface area contributed by atoms with Gasteiger partial charge in [-0.1, -0.05) is 30.3 Å². The molecule has 9 nitrogen and oxygen atoms in total. The molecule has 1 aliphatic rings. The predicted molar refractivity (Wildman–Crippen MR) is 109 cm³/mol. The van der Waals surface area contributed by atoms with Gasteiger partial charge in [0, 0.05) is 32.2 Å². The zero-order valence-electron chi connectivity index (χ0n) is 16.7. The number of primary amides is 1. The van der Waals surface area contributed by atoms with E-state index in [2.05, 4.69) is 5.32 Å². The minimum atomic E-state index is -4.70. The molecule has 32 heavy (non-hydrogen) atoms. The molecule has 2 aromatic carbocycles. The summed E-state index contributed by atoms with van der Waals surface area (Å²) in [4.78, 5) is 37.7. The summed E-state index contributed by atoms with van der Waals surface area (Å²) in [6, 6.07) is 9.29. The number of nitrogens with zero attached hydrogens (tertiary/aromatic N) is 3. The molecule has 0 saturated carbocycles. The molecule has 1 unspecified atom stereocenters. The molecule has 3 amide bonds. The number of amides is 3. The molecule has 1 heterocycles. The van der Waals surface area contributed by atoms with Crippen molar-refractivity contribution < 1.29 is 27.7 Å². The molecule has 0 bridgehead atoms. The summed E-state index contributed by atoms with van der Waals surface area (Å²) in [5.74, 6) is -0.613. The third kappa shape index (κ3) is 5.14. The van der Waals surface area contributed by atoms with E-state index >= 15 is 0 Å². The molecule has 1 fully saturated rings. The second kappa shape index (κ2) is 9.22. The molecule has 0 aliphatic carbocycles. The first-order valence-electron chi connectivity index (χ1n) is 9.58. The maximum absolute atomic E-state index is 13.0. The highest BCUT2D eigenvalue weighted by molar-refractivity contribution is 5.96. The summed E-state index contributed by atoms with van der Waals surface area (Å²) in [6.45, 7) is 0.979. The minimum Gasteiger partial charge on any atom is -0.363 e. The number of nitro benzene ring substituents is 1. The number of halogens is 3. The monoisotopic (exact) mass is 451 g/mol. The van der Waals surface area contributed by atoms with Crippen LogP contribution in [0.5, 0.6) is 0 Å². The lowest BCUT2D eigenvalue weighted by Crippen LogP contribution is -2.52. The highest BCUT2D eigenvalue weighted by Gasteiger charge is 2.35. The summed E-state index contributed by atoms with van der Waals surface area (Å²) in [5.41, 5.74) is 4.04.